The molecule has 0 spiro atoms. The van der Waals surface area contributed by atoms with Gasteiger partial charge in [0.2, 0.25) is 5.91 Å². The fraction of sp³-hybridized carbons (Fsp3) is 0.562. The number of hydrogen-bond donors (Lipinski definition) is 2. The van der Waals surface area contributed by atoms with Gasteiger partial charge in [0.05, 0.1) is 11.6 Å². The molecule has 0 heterocycles. The molecule has 2 rings (SSSR count). The Balaban J connectivity index is 1.83. The maximum atomic E-state index is 12.2. The van der Waals surface area contributed by atoms with Crippen molar-refractivity contribution in [1.82, 2.24) is 5.32 Å². The Bertz CT molecular complexity index is 543. The number of amides is 1. The first-order valence-corrected chi connectivity index (χ1v) is 8.11. The lowest BCUT2D eigenvalue weighted by Crippen LogP contribution is -2.43. The van der Waals surface area contributed by atoms with Gasteiger partial charge in [0.15, 0.2) is 0 Å². The van der Waals surface area contributed by atoms with Crippen LogP contribution in [-0.2, 0) is 4.79 Å². The number of ether oxygens (including phenoxy) is 1. The van der Waals surface area contributed by atoms with E-state index in [0.29, 0.717) is 11.6 Å². The minimum absolute atomic E-state index is 0.0663. The topological polar surface area (TPSA) is 50.4 Å². The molecule has 1 aliphatic carbocycles. The van der Waals surface area contributed by atoms with Gasteiger partial charge in [-0.05, 0) is 37.0 Å². The zero-order valence-corrected chi connectivity index (χ0v) is 13.7. The molecule has 0 saturated heterocycles. The number of nitrogens with one attached hydrogen (secondary N) is 2. The van der Waals surface area contributed by atoms with Gasteiger partial charge in [-0.2, -0.15) is 8.78 Å². The van der Waals surface area contributed by atoms with Crippen LogP contribution in [0.15, 0.2) is 18.2 Å². The van der Waals surface area contributed by atoms with E-state index in [9.17, 15) is 13.6 Å². The number of benzene rings is 1. The van der Waals surface area contributed by atoms with Gasteiger partial charge in [0.25, 0.3) is 0 Å². The standard InChI is InChI=1S/C16H21ClF2N2O2/c1-10-4-2-3-5-13(10)21-15(22)9-20-11-6-7-14(12(17)8-11)23-16(18)19/h6-8,10,13,16,20H,2-5,9H2,1H3,(H,21,22)/t10-,13-/m1/s1. The number of alkyl halides is 2. The zero-order chi connectivity index (χ0) is 16.8. The molecule has 1 aliphatic rings. The number of halogens is 3. The van der Waals surface area contributed by atoms with Crippen LogP contribution in [0.5, 0.6) is 5.75 Å². The minimum Gasteiger partial charge on any atom is -0.433 e. The number of rotatable bonds is 6. The fourth-order valence-corrected chi connectivity index (χ4v) is 3.00. The largest absolute Gasteiger partial charge is 0.433 e. The highest BCUT2D eigenvalue weighted by Crippen LogP contribution is 2.29. The second kappa shape index (κ2) is 8.34. The van der Waals surface area contributed by atoms with Gasteiger partial charge < -0.3 is 15.4 Å². The summed E-state index contributed by atoms with van der Waals surface area (Å²) in [5.41, 5.74) is 0.573. The van der Waals surface area contributed by atoms with Crippen LogP contribution in [0.25, 0.3) is 0 Å². The molecule has 2 N–H and O–H groups in total. The second-order valence-electron chi connectivity index (χ2n) is 5.81. The molecular formula is C16H21ClF2N2O2. The van der Waals surface area contributed by atoms with Gasteiger partial charge in [-0.25, -0.2) is 0 Å². The van der Waals surface area contributed by atoms with E-state index in [1.807, 2.05) is 0 Å². The third-order valence-electron chi connectivity index (χ3n) is 4.06. The minimum atomic E-state index is -2.92. The Kier molecular flexibility index (Phi) is 6.45. The van der Waals surface area contributed by atoms with E-state index in [1.165, 1.54) is 18.6 Å². The molecular weight excluding hydrogens is 326 g/mol. The quantitative estimate of drug-likeness (QED) is 0.817. The maximum Gasteiger partial charge on any atom is 0.387 e. The average Bonchev–Trinajstić information content (AvgIpc) is 2.49. The Hall–Kier alpha value is -1.56. The Morgan fingerprint density at radius 1 is 1.39 bits per heavy atom. The highest BCUT2D eigenvalue weighted by molar-refractivity contribution is 6.32. The summed E-state index contributed by atoms with van der Waals surface area (Å²) in [6, 6.07) is 4.57. The summed E-state index contributed by atoms with van der Waals surface area (Å²) < 4.78 is 28.6. The third kappa shape index (κ3) is 5.53. The Morgan fingerprint density at radius 2 is 2.13 bits per heavy atom. The van der Waals surface area contributed by atoms with Gasteiger partial charge in [0, 0.05) is 11.7 Å². The maximum absolute atomic E-state index is 12.2. The van der Waals surface area contributed by atoms with Crippen molar-refractivity contribution in [2.75, 3.05) is 11.9 Å². The van der Waals surface area contributed by atoms with Crippen LogP contribution in [0.2, 0.25) is 5.02 Å². The van der Waals surface area contributed by atoms with Crippen LogP contribution in [0.1, 0.15) is 32.6 Å². The highest BCUT2D eigenvalue weighted by atomic mass is 35.5. The lowest BCUT2D eigenvalue weighted by atomic mass is 9.86. The molecule has 4 nitrogen and oxygen atoms in total. The monoisotopic (exact) mass is 346 g/mol. The second-order valence-corrected chi connectivity index (χ2v) is 6.22. The lowest BCUT2D eigenvalue weighted by molar-refractivity contribution is -0.120. The van der Waals surface area contributed by atoms with Gasteiger partial charge in [-0.15, -0.1) is 0 Å². The fourth-order valence-electron chi connectivity index (χ4n) is 2.77. The van der Waals surface area contributed by atoms with Gasteiger partial charge in [0.1, 0.15) is 5.75 Å². The van der Waals surface area contributed by atoms with Crippen molar-refractivity contribution in [3.63, 3.8) is 0 Å². The summed E-state index contributed by atoms with van der Waals surface area (Å²) in [5.74, 6) is 0.313. The number of carbonyl (C=O) groups excluding carboxylic acids is 1. The number of hydrogen-bond acceptors (Lipinski definition) is 3. The van der Waals surface area contributed by atoms with Crippen molar-refractivity contribution in [2.45, 2.75) is 45.3 Å². The summed E-state index contributed by atoms with van der Waals surface area (Å²) in [6.45, 7) is -0.664. The Morgan fingerprint density at radius 3 is 2.78 bits per heavy atom. The van der Waals surface area contributed by atoms with Gasteiger partial charge >= 0.3 is 6.61 Å². The average molecular weight is 347 g/mol. The van der Waals surface area contributed by atoms with Gasteiger partial charge in [-0.1, -0.05) is 31.4 Å². The van der Waals surface area contributed by atoms with Crippen molar-refractivity contribution >= 4 is 23.2 Å². The van der Waals surface area contributed by atoms with Crippen molar-refractivity contribution in [2.24, 2.45) is 5.92 Å². The normalized spacial score (nSPS) is 21.1. The molecule has 1 aromatic carbocycles. The van der Waals surface area contributed by atoms with Crippen LogP contribution in [-0.4, -0.2) is 25.1 Å². The molecule has 1 amide bonds. The summed E-state index contributed by atoms with van der Waals surface area (Å²) >= 11 is 5.86. The first-order valence-electron chi connectivity index (χ1n) is 7.73. The van der Waals surface area contributed by atoms with Crippen molar-refractivity contribution in [3.05, 3.63) is 23.2 Å². The zero-order valence-electron chi connectivity index (χ0n) is 13.0. The summed E-state index contributed by atoms with van der Waals surface area (Å²) in [7, 11) is 0. The molecule has 0 aromatic heterocycles. The molecule has 0 unspecified atom stereocenters. The van der Waals surface area contributed by atoms with Crippen LogP contribution in [0, 0.1) is 5.92 Å². The predicted octanol–water partition coefficient (Wildman–Crippen LogP) is 4.05. The third-order valence-corrected chi connectivity index (χ3v) is 4.35. The number of anilines is 1. The smallest absolute Gasteiger partial charge is 0.387 e. The van der Waals surface area contributed by atoms with Crippen LogP contribution < -0.4 is 15.4 Å². The molecule has 0 radical (unpaired) electrons. The van der Waals surface area contributed by atoms with Crippen molar-refractivity contribution in [3.8, 4) is 5.75 Å². The van der Waals surface area contributed by atoms with E-state index in [-0.39, 0.29) is 29.3 Å². The SMILES string of the molecule is C[C@@H]1CCCC[C@H]1NC(=O)CNc1ccc(OC(F)F)c(Cl)c1. The first kappa shape index (κ1) is 17.8. The molecule has 0 aliphatic heterocycles. The number of carbonyl (C=O) groups is 1. The van der Waals surface area contributed by atoms with E-state index in [1.54, 1.807) is 6.07 Å². The molecule has 128 valence electrons. The van der Waals surface area contributed by atoms with E-state index in [2.05, 4.69) is 22.3 Å². The first-order chi connectivity index (χ1) is 11.0. The van der Waals surface area contributed by atoms with E-state index in [4.69, 9.17) is 11.6 Å². The lowest BCUT2D eigenvalue weighted by Gasteiger charge is -2.29. The van der Waals surface area contributed by atoms with Gasteiger partial charge in [-0.3, -0.25) is 4.79 Å². The Labute approximate surface area is 139 Å². The molecule has 1 aromatic rings. The summed E-state index contributed by atoms with van der Waals surface area (Å²) in [5, 5.41) is 6.03. The summed E-state index contributed by atoms with van der Waals surface area (Å²) in [6.07, 6.45) is 4.51. The molecule has 0 bridgehead atoms. The highest BCUT2D eigenvalue weighted by Gasteiger charge is 2.22. The van der Waals surface area contributed by atoms with E-state index >= 15 is 0 Å². The molecule has 23 heavy (non-hydrogen) atoms. The molecule has 2 atom stereocenters. The molecule has 7 heteroatoms. The van der Waals surface area contributed by atoms with E-state index < -0.39 is 6.61 Å². The van der Waals surface area contributed by atoms with Crippen LogP contribution in [0.3, 0.4) is 0 Å². The summed E-state index contributed by atoms with van der Waals surface area (Å²) in [4.78, 5) is 12.0. The van der Waals surface area contributed by atoms with Crippen LogP contribution in [0.4, 0.5) is 14.5 Å². The van der Waals surface area contributed by atoms with E-state index in [0.717, 1.165) is 19.3 Å². The van der Waals surface area contributed by atoms with Crippen LogP contribution >= 0.6 is 11.6 Å². The molecule has 1 fully saturated rings. The van der Waals surface area contributed by atoms with Crippen molar-refractivity contribution < 1.29 is 18.3 Å². The predicted molar refractivity (Wildman–Crippen MR) is 86.1 cm³/mol. The molecule has 1 saturated carbocycles. The van der Waals surface area contributed by atoms with Crippen molar-refractivity contribution in [1.29, 1.82) is 0 Å².